The van der Waals surface area contributed by atoms with Gasteiger partial charge in [0.1, 0.15) is 5.82 Å². The highest BCUT2D eigenvalue weighted by Crippen LogP contribution is 2.32. The van der Waals surface area contributed by atoms with Gasteiger partial charge >= 0.3 is 0 Å². The average molecular weight is 339 g/mol. The van der Waals surface area contributed by atoms with Crippen LogP contribution in [0.3, 0.4) is 0 Å². The van der Waals surface area contributed by atoms with Crippen LogP contribution in [0.5, 0.6) is 0 Å². The second-order valence-corrected chi connectivity index (χ2v) is 7.01. The van der Waals surface area contributed by atoms with Crippen LogP contribution in [0.2, 0.25) is 0 Å². The van der Waals surface area contributed by atoms with Gasteiger partial charge in [0.25, 0.3) is 0 Å². The summed E-state index contributed by atoms with van der Waals surface area (Å²) < 4.78 is 0. The summed E-state index contributed by atoms with van der Waals surface area (Å²) in [7, 11) is 1.94. The van der Waals surface area contributed by atoms with E-state index in [1.165, 1.54) is 0 Å². The topological polar surface area (TPSA) is 61.4 Å². The number of piperidine rings is 2. The summed E-state index contributed by atoms with van der Waals surface area (Å²) >= 11 is 0. The number of hydrogen-bond acceptors (Lipinski definition) is 5. The van der Waals surface area contributed by atoms with Crippen LogP contribution in [-0.2, 0) is 4.79 Å². The largest absolute Gasteiger partial charge is 0.355 e. The van der Waals surface area contributed by atoms with E-state index < -0.39 is 0 Å². The van der Waals surface area contributed by atoms with Gasteiger partial charge in [-0.25, -0.2) is 4.98 Å². The maximum Gasteiger partial charge on any atom is 0.222 e. The molecule has 3 heterocycles. The van der Waals surface area contributed by atoms with Crippen molar-refractivity contribution in [3.05, 3.63) is 30.5 Å². The summed E-state index contributed by atoms with van der Waals surface area (Å²) in [5.74, 6) is 1.79. The van der Waals surface area contributed by atoms with Gasteiger partial charge in [-0.15, -0.1) is 0 Å². The Hall–Kier alpha value is -2.21. The van der Waals surface area contributed by atoms with E-state index in [0.717, 1.165) is 55.9 Å². The van der Waals surface area contributed by atoms with Gasteiger partial charge < -0.3 is 15.1 Å². The van der Waals surface area contributed by atoms with Crippen molar-refractivity contribution in [2.24, 2.45) is 5.92 Å². The molecule has 1 N–H and O–H groups in total. The molecule has 1 amide bonds. The van der Waals surface area contributed by atoms with Gasteiger partial charge in [-0.1, -0.05) is 12.1 Å². The number of aromatic nitrogens is 2. The Kier molecular flexibility index (Phi) is 4.53. The number of nitrogens with one attached hydrogen (secondary N) is 1. The van der Waals surface area contributed by atoms with Gasteiger partial charge in [0.2, 0.25) is 5.91 Å². The van der Waals surface area contributed by atoms with E-state index in [2.05, 4.69) is 20.1 Å². The number of para-hydroxylation sites is 2. The van der Waals surface area contributed by atoms with Crippen LogP contribution < -0.4 is 10.2 Å². The summed E-state index contributed by atoms with van der Waals surface area (Å²) in [6.07, 6.45) is 4.54. The smallest absolute Gasteiger partial charge is 0.222 e. The van der Waals surface area contributed by atoms with Crippen molar-refractivity contribution in [2.75, 3.05) is 38.1 Å². The van der Waals surface area contributed by atoms with Crippen molar-refractivity contribution in [3.63, 3.8) is 0 Å². The van der Waals surface area contributed by atoms with Crippen molar-refractivity contribution in [1.29, 1.82) is 0 Å². The molecular formula is C19H25N5O. The molecule has 25 heavy (non-hydrogen) atoms. The highest BCUT2D eigenvalue weighted by molar-refractivity contribution is 5.78. The highest BCUT2D eigenvalue weighted by Gasteiger charge is 2.39. The van der Waals surface area contributed by atoms with Gasteiger partial charge in [0.05, 0.1) is 17.2 Å². The van der Waals surface area contributed by atoms with Gasteiger partial charge in [-0.3, -0.25) is 9.78 Å². The third kappa shape index (κ3) is 3.18. The molecule has 1 aromatic carbocycles. The summed E-state index contributed by atoms with van der Waals surface area (Å²) in [6, 6.07) is 8.36. The molecule has 2 aliphatic rings. The molecule has 0 radical (unpaired) electrons. The van der Waals surface area contributed by atoms with E-state index in [-0.39, 0.29) is 0 Å². The van der Waals surface area contributed by atoms with Crippen LogP contribution in [0.4, 0.5) is 5.82 Å². The molecule has 0 spiro atoms. The summed E-state index contributed by atoms with van der Waals surface area (Å²) in [6.45, 7) is 3.56. The van der Waals surface area contributed by atoms with Gasteiger partial charge in [0.15, 0.2) is 0 Å². The predicted molar refractivity (Wildman–Crippen MR) is 98.5 cm³/mol. The molecule has 2 fully saturated rings. The molecule has 0 saturated carbocycles. The maximum absolute atomic E-state index is 12.3. The monoisotopic (exact) mass is 339 g/mol. The van der Waals surface area contributed by atoms with Crippen molar-refractivity contribution in [1.82, 2.24) is 20.2 Å². The number of rotatable bonds is 4. The Morgan fingerprint density at radius 3 is 2.92 bits per heavy atom. The van der Waals surface area contributed by atoms with E-state index in [4.69, 9.17) is 4.98 Å². The zero-order valence-corrected chi connectivity index (χ0v) is 14.7. The van der Waals surface area contributed by atoms with E-state index in [9.17, 15) is 4.79 Å². The van der Waals surface area contributed by atoms with Crippen LogP contribution in [0, 0.1) is 5.92 Å². The zero-order valence-electron chi connectivity index (χ0n) is 14.7. The number of likely N-dealkylation sites (tertiary alicyclic amines) is 1. The van der Waals surface area contributed by atoms with E-state index in [0.29, 0.717) is 24.3 Å². The Labute approximate surface area is 148 Å². The minimum atomic E-state index is 0.315. The number of benzene rings is 1. The average Bonchev–Trinajstić information content (AvgIpc) is 2.66. The SMILES string of the molecule is CNCCN1C(=O)CC[C@H]2CN(c3cnc4ccccc4n3)CC[C@H]21. The van der Waals surface area contributed by atoms with E-state index in [1.54, 1.807) is 0 Å². The molecule has 4 rings (SSSR count). The quantitative estimate of drug-likeness (QED) is 0.918. The number of amides is 1. The number of anilines is 1. The molecule has 6 heteroatoms. The van der Waals surface area contributed by atoms with Crippen molar-refractivity contribution < 1.29 is 4.79 Å². The minimum absolute atomic E-state index is 0.315. The lowest BCUT2D eigenvalue weighted by Crippen LogP contribution is -2.57. The van der Waals surface area contributed by atoms with Crippen LogP contribution in [-0.4, -0.2) is 60.0 Å². The molecule has 2 atom stereocenters. The van der Waals surface area contributed by atoms with Crippen LogP contribution in [0.25, 0.3) is 11.0 Å². The van der Waals surface area contributed by atoms with Crippen molar-refractivity contribution >= 4 is 22.8 Å². The standard InChI is InChI=1S/C19H25N5O/c1-20-9-11-24-17-8-10-23(13-14(17)6-7-19(24)25)18-12-21-15-4-2-3-5-16(15)22-18/h2-5,12,14,17,20H,6-11,13H2,1H3/t14-,17+/m0/s1. The summed E-state index contributed by atoms with van der Waals surface area (Å²) in [5.41, 5.74) is 1.87. The number of fused-ring (bicyclic) bond motifs is 2. The van der Waals surface area contributed by atoms with Gasteiger partial charge in [-0.05, 0) is 37.9 Å². The summed E-state index contributed by atoms with van der Waals surface area (Å²) in [5, 5.41) is 3.16. The molecule has 132 valence electrons. The number of likely N-dealkylation sites (N-methyl/N-ethyl adjacent to an activating group) is 1. The normalized spacial score (nSPS) is 23.8. The lowest BCUT2D eigenvalue weighted by atomic mass is 9.83. The molecule has 0 bridgehead atoms. The number of carbonyl (C=O) groups is 1. The fourth-order valence-electron chi connectivity index (χ4n) is 4.18. The number of hydrogen-bond donors (Lipinski definition) is 1. The fraction of sp³-hybridized carbons (Fsp3) is 0.526. The predicted octanol–water partition coefficient (Wildman–Crippen LogP) is 1.67. The molecule has 1 aromatic heterocycles. The number of carbonyl (C=O) groups excluding carboxylic acids is 1. The Bertz CT molecular complexity index is 764. The highest BCUT2D eigenvalue weighted by atomic mass is 16.2. The first-order valence-corrected chi connectivity index (χ1v) is 9.17. The molecule has 2 aromatic rings. The Morgan fingerprint density at radius 1 is 1.24 bits per heavy atom. The van der Waals surface area contributed by atoms with E-state index >= 15 is 0 Å². The lowest BCUT2D eigenvalue weighted by molar-refractivity contribution is -0.139. The van der Waals surface area contributed by atoms with Crippen molar-refractivity contribution in [2.45, 2.75) is 25.3 Å². The third-order valence-corrected chi connectivity index (χ3v) is 5.51. The van der Waals surface area contributed by atoms with Gasteiger partial charge in [-0.2, -0.15) is 0 Å². The van der Waals surface area contributed by atoms with Crippen LogP contribution >= 0.6 is 0 Å². The lowest BCUT2D eigenvalue weighted by Gasteiger charge is -2.47. The Morgan fingerprint density at radius 2 is 2.08 bits per heavy atom. The first kappa shape index (κ1) is 16.3. The third-order valence-electron chi connectivity index (χ3n) is 5.51. The van der Waals surface area contributed by atoms with Crippen LogP contribution in [0.15, 0.2) is 30.5 Å². The molecule has 2 aliphatic heterocycles. The Balaban J connectivity index is 1.51. The van der Waals surface area contributed by atoms with Crippen LogP contribution in [0.1, 0.15) is 19.3 Å². The number of nitrogens with zero attached hydrogens (tertiary/aromatic N) is 4. The second-order valence-electron chi connectivity index (χ2n) is 7.01. The second kappa shape index (κ2) is 6.96. The first-order valence-electron chi connectivity index (χ1n) is 9.17. The molecule has 2 saturated heterocycles. The molecular weight excluding hydrogens is 314 g/mol. The van der Waals surface area contributed by atoms with Gasteiger partial charge in [0, 0.05) is 38.6 Å². The molecule has 0 unspecified atom stereocenters. The zero-order chi connectivity index (χ0) is 17.2. The van der Waals surface area contributed by atoms with Crippen molar-refractivity contribution in [3.8, 4) is 0 Å². The molecule has 0 aliphatic carbocycles. The summed E-state index contributed by atoms with van der Waals surface area (Å²) in [4.78, 5) is 26.1. The molecule has 6 nitrogen and oxygen atoms in total. The maximum atomic E-state index is 12.3. The fourth-order valence-corrected chi connectivity index (χ4v) is 4.18. The van der Waals surface area contributed by atoms with E-state index in [1.807, 2.05) is 37.5 Å². The minimum Gasteiger partial charge on any atom is -0.355 e. The first-order chi connectivity index (χ1) is 12.3.